The Morgan fingerprint density at radius 1 is 0.944 bits per heavy atom. The van der Waals surface area contributed by atoms with Crippen LogP contribution in [0.2, 0.25) is 0 Å². The van der Waals surface area contributed by atoms with Crippen LogP contribution in [0.4, 0.5) is 0 Å². The highest BCUT2D eigenvalue weighted by atomic mass is 16.4. The van der Waals surface area contributed by atoms with E-state index in [2.05, 4.69) is 32.9 Å². The lowest BCUT2D eigenvalue weighted by Crippen LogP contribution is -2.18. The maximum atomic E-state index is 9.28. The van der Waals surface area contributed by atoms with Crippen LogP contribution < -0.4 is 0 Å². The van der Waals surface area contributed by atoms with Crippen molar-refractivity contribution in [2.75, 3.05) is 0 Å². The van der Waals surface area contributed by atoms with E-state index in [1.165, 1.54) is 44.9 Å². The van der Waals surface area contributed by atoms with Crippen LogP contribution >= 0.6 is 0 Å². The van der Waals surface area contributed by atoms with Gasteiger partial charge in [0.1, 0.15) is 0 Å². The van der Waals surface area contributed by atoms with Gasteiger partial charge in [0.25, 0.3) is 0 Å². The van der Waals surface area contributed by atoms with E-state index < -0.39 is 0 Å². The van der Waals surface area contributed by atoms with Crippen molar-refractivity contribution in [3.8, 4) is 0 Å². The van der Waals surface area contributed by atoms with E-state index in [-0.39, 0.29) is 0 Å². The zero-order chi connectivity index (χ0) is 13.8. The van der Waals surface area contributed by atoms with Crippen LogP contribution in [0.15, 0.2) is 5.16 Å². The fourth-order valence-corrected chi connectivity index (χ4v) is 2.59. The first-order chi connectivity index (χ1) is 8.73. The molecule has 0 bridgehead atoms. The van der Waals surface area contributed by atoms with Crippen LogP contribution in [-0.4, -0.2) is 10.9 Å². The third kappa shape index (κ3) is 7.03. The van der Waals surface area contributed by atoms with Crippen molar-refractivity contribution in [2.45, 2.75) is 85.5 Å². The van der Waals surface area contributed by atoms with Gasteiger partial charge in [0, 0.05) is 5.92 Å². The lowest BCUT2D eigenvalue weighted by molar-refractivity contribution is 0.307. The summed E-state index contributed by atoms with van der Waals surface area (Å²) >= 11 is 0. The van der Waals surface area contributed by atoms with Gasteiger partial charge in [0.15, 0.2) is 0 Å². The molecule has 0 saturated carbocycles. The van der Waals surface area contributed by atoms with E-state index in [1.54, 1.807) is 0 Å². The first-order valence-electron chi connectivity index (χ1n) is 7.94. The zero-order valence-electron chi connectivity index (χ0n) is 12.9. The summed E-state index contributed by atoms with van der Waals surface area (Å²) in [4.78, 5) is 0. The summed E-state index contributed by atoms with van der Waals surface area (Å²) in [5.74, 6) is 1.19. The Hall–Kier alpha value is -0.530. The highest BCUT2D eigenvalue weighted by molar-refractivity contribution is 5.86. The Kier molecular flexibility index (Phi) is 11.2. The molecule has 0 aromatic carbocycles. The summed E-state index contributed by atoms with van der Waals surface area (Å²) in [6.07, 6.45) is 10.8. The molecule has 2 unspecified atom stereocenters. The molecule has 0 aliphatic rings. The van der Waals surface area contributed by atoms with Crippen LogP contribution in [0.25, 0.3) is 0 Å². The summed E-state index contributed by atoms with van der Waals surface area (Å²) < 4.78 is 0. The molecule has 2 heteroatoms. The van der Waals surface area contributed by atoms with Gasteiger partial charge in [-0.05, 0) is 25.2 Å². The van der Waals surface area contributed by atoms with Crippen molar-refractivity contribution >= 4 is 5.71 Å². The van der Waals surface area contributed by atoms with Crippen molar-refractivity contribution in [2.24, 2.45) is 17.0 Å². The van der Waals surface area contributed by atoms with Gasteiger partial charge in [-0.1, -0.05) is 71.4 Å². The Labute approximate surface area is 114 Å². The fraction of sp³-hybridized carbons (Fsp3) is 0.938. The van der Waals surface area contributed by atoms with Gasteiger partial charge in [0.05, 0.1) is 5.71 Å². The average molecular weight is 255 g/mol. The van der Waals surface area contributed by atoms with Gasteiger partial charge in [-0.3, -0.25) is 0 Å². The van der Waals surface area contributed by atoms with Gasteiger partial charge in [-0.25, -0.2) is 0 Å². The van der Waals surface area contributed by atoms with Crippen molar-refractivity contribution < 1.29 is 5.21 Å². The quantitative estimate of drug-likeness (QED) is 0.289. The number of hydrogen-bond acceptors (Lipinski definition) is 2. The first kappa shape index (κ1) is 17.5. The van der Waals surface area contributed by atoms with E-state index in [9.17, 15) is 5.21 Å². The summed E-state index contributed by atoms with van der Waals surface area (Å²) in [5, 5.41) is 12.9. The molecule has 0 aromatic rings. The molecule has 0 radical (unpaired) electrons. The zero-order valence-corrected chi connectivity index (χ0v) is 12.9. The second-order valence-electron chi connectivity index (χ2n) is 5.46. The summed E-state index contributed by atoms with van der Waals surface area (Å²) in [7, 11) is 0. The van der Waals surface area contributed by atoms with E-state index in [4.69, 9.17) is 0 Å². The van der Waals surface area contributed by atoms with E-state index in [1.807, 2.05) is 0 Å². The highest BCUT2D eigenvalue weighted by Crippen LogP contribution is 2.23. The molecule has 2 atom stereocenters. The molecular weight excluding hydrogens is 222 g/mol. The Balaban J connectivity index is 4.35. The highest BCUT2D eigenvalue weighted by Gasteiger charge is 2.18. The van der Waals surface area contributed by atoms with Crippen molar-refractivity contribution in [3.63, 3.8) is 0 Å². The second kappa shape index (κ2) is 11.6. The monoisotopic (exact) mass is 255 g/mol. The molecule has 0 aliphatic carbocycles. The van der Waals surface area contributed by atoms with Gasteiger partial charge < -0.3 is 5.21 Å². The minimum absolute atomic E-state index is 0.491. The Morgan fingerprint density at radius 2 is 1.56 bits per heavy atom. The smallest absolute Gasteiger partial charge is 0.0604 e. The predicted octanol–water partition coefficient (Wildman–Crippen LogP) is 5.64. The minimum Gasteiger partial charge on any atom is -0.411 e. The standard InChI is InChI=1S/C16H33NO/c1-5-9-11-14(7-3)13-16(17-18)15(8-4)12-10-6-2/h14-15,18H,5-13H2,1-4H3. The van der Waals surface area contributed by atoms with Crippen LogP contribution in [-0.2, 0) is 0 Å². The molecule has 2 nitrogen and oxygen atoms in total. The van der Waals surface area contributed by atoms with Crippen molar-refractivity contribution in [1.29, 1.82) is 0 Å². The molecule has 0 rings (SSSR count). The molecule has 0 saturated heterocycles. The Morgan fingerprint density at radius 3 is 2.00 bits per heavy atom. The van der Waals surface area contributed by atoms with Gasteiger partial charge in [-0.15, -0.1) is 0 Å². The van der Waals surface area contributed by atoms with E-state index in [0.717, 1.165) is 18.6 Å². The van der Waals surface area contributed by atoms with E-state index in [0.29, 0.717) is 11.8 Å². The van der Waals surface area contributed by atoms with Crippen LogP contribution in [0, 0.1) is 11.8 Å². The lowest BCUT2D eigenvalue weighted by atomic mass is 9.85. The molecule has 1 N–H and O–H groups in total. The fourth-order valence-electron chi connectivity index (χ4n) is 2.59. The van der Waals surface area contributed by atoms with Crippen LogP contribution in [0.5, 0.6) is 0 Å². The number of hydrogen-bond donors (Lipinski definition) is 1. The molecule has 0 fully saturated rings. The molecular formula is C16H33NO. The van der Waals surface area contributed by atoms with Gasteiger partial charge >= 0.3 is 0 Å². The minimum atomic E-state index is 0.491. The first-order valence-corrected chi connectivity index (χ1v) is 7.94. The van der Waals surface area contributed by atoms with E-state index >= 15 is 0 Å². The summed E-state index contributed by atoms with van der Waals surface area (Å²) in [6, 6.07) is 0. The van der Waals surface area contributed by atoms with Crippen molar-refractivity contribution in [1.82, 2.24) is 0 Å². The van der Waals surface area contributed by atoms with Gasteiger partial charge in [-0.2, -0.15) is 0 Å². The van der Waals surface area contributed by atoms with Gasteiger partial charge in [0.2, 0.25) is 0 Å². The van der Waals surface area contributed by atoms with Crippen LogP contribution in [0.3, 0.4) is 0 Å². The lowest BCUT2D eigenvalue weighted by Gasteiger charge is -2.21. The summed E-state index contributed by atoms with van der Waals surface area (Å²) in [5.41, 5.74) is 1.05. The largest absolute Gasteiger partial charge is 0.411 e. The third-order valence-corrected chi connectivity index (χ3v) is 4.04. The number of unbranched alkanes of at least 4 members (excludes halogenated alkanes) is 2. The number of oxime groups is 1. The molecule has 0 spiro atoms. The van der Waals surface area contributed by atoms with Crippen LogP contribution in [0.1, 0.15) is 85.5 Å². The molecule has 0 aliphatic heterocycles. The average Bonchev–Trinajstić information content (AvgIpc) is 2.41. The topological polar surface area (TPSA) is 32.6 Å². The third-order valence-electron chi connectivity index (χ3n) is 4.04. The number of nitrogens with zero attached hydrogens (tertiary/aromatic N) is 1. The maximum absolute atomic E-state index is 9.28. The van der Waals surface area contributed by atoms with Crippen molar-refractivity contribution in [3.05, 3.63) is 0 Å². The normalized spacial score (nSPS) is 15.7. The molecule has 0 aromatic heterocycles. The predicted molar refractivity (Wildman–Crippen MR) is 80.5 cm³/mol. The Bertz CT molecular complexity index is 213. The second-order valence-corrected chi connectivity index (χ2v) is 5.46. The number of rotatable bonds is 11. The maximum Gasteiger partial charge on any atom is 0.0604 e. The molecule has 18 heavy (non-hydrogen) atoms. The summed E-state index contributed by atoms with van der Waals surface area (Å²) in [6.45, 7) is 8.92. The molecule has 108 valence electrons. The SMILES string of the molecule is CCCCC(CC)CC(=NO)C(CC)CCCC. The molecule has 0 heterocycles. The molecule has 0 amide bonds.